The Labute approximate surface area is 115 Å². The van der Waals surface area contributed by atoms with Crippen LogP contribution >= 0.6 is 0 Å². The molecule has 0 amide bonds. The maximum absolute atomic E-state index is 3.69. The maximum Gasteiger partial charge on any atom is 0.0252 e. The van der Waals surface area contributed by atoms with E-state index in [1.807, 2.05) is 0 Å². The van der Waals surface area contributed by atoms with E-state index in [0.717, 1.165) is 12.6 Å². The molecular formula is C16H34N2. The summed E-state index contributed by atoms with van der Waals surface area (Å²) in [5, 5.41) is 3.69. The summed E-state index contributed by atoms with van der Waals surface area (Å²) >= 11 is 0. The Hall–Kier alpha value is -0.0800. The summed E-state index contributed by atoms with van der Waals surface area (Å²) < 4.78 is 0. The summed E-state index contributed by atoms with van der Waals surface area (Å²) in [4.78, 5) is 2.73. The van der Waals surface area contributed by atoms with E-state index in [4.69, 9.17) is 0 Å². The van der Waals surface area contributed by atoms with E-state index in [1.54, 1.807) is 0 Å². The highest BCUT2D eigenvalue weighted by Crippen LogP contribution is 2.23. The van der Waals surface area contributed by atoms with Crippen LogP contribution in [-0.4, -0.2) is 36.1 Å². The van der Waals surface area contributed by atoms with E-state index in [1.165, 1.54) is 38.8 Å². The Morgan fingerprint density at radius 2 is 1.94 bits per heavy atom. The summed E-state index contributed by atoms with van der Waals surface area (Å²) in [6, 6.07) is 0.753. The lowest BCUT2D eigenvalue weighted by Gasteiger charge is -2.45. The van der Waals surface area contributed by atoms with Gasteiger partial charge in [-0.15, -0.1) is 0 Å². The molecule has 108 valence electrons. The van der Waals surface area contributed by atoms with Crippen molar-refractivity contribution in [3.63, 3.8) is 0 Å². The standard InChI is InChI=1S/C16H34N2/c1-7-9-14-12-17-16(5,6)13-18(14)11-8-10-15(2,3)4/h14,17H,7-13H2,1-6H3. The van der Waals surface area contributed by atoms with E-state index in [0.29, 0.717) is 5.41 Å². The molecule has 0 aromatic rings. The lowest BCUT2D eigenvalue weighted by Crippen LogP contribution is -2.61. The molecule has 2 nitrogen and oxygen atoms in total. The van der Waals surface area contributed by atoms with Crippen molar-refractivity contribution in [1.29, 1.82) is 0 Å². The minimum Gasteiger partial charge on any atom is -0.309 e. The average molecular weight is 254 g/mol. The third-order valence-corrected chi connectivity index (χ3v) is 3.93. The molecule has 1 aliphatic heterocycles. The molecule has 0 aromatic heterocycles. The van der Waals surface area contributed by atoms with Crippen molar-refractivity contribution in [2.45, 2.75) is 78.8 Å². The summed E-state index contributed by atoms with van der Waals surface area (Å²) in [5.74, 6) is 0. The Kier molecular flexibility index (Phi) is 5.67. The highest BCUT2D eigenvalue weighted by molar-refractivity contribution is 4.92. The summed E-state index contributed by atoms with van der Waals surface area (Å²) in [7, 11) is 0. The Bertz CT molecular complexity index is 240. The topological polar surface area (TPSA) is 15.3 Å². The predicted octanol–water partition coefficient (Wildman–Crippen LogP) is 3.67. The third-order valence-electron chi connectivity index (χ3n) is 3.93. The summed E-state index contributed by atoms with van der Waals surface area (Å²) in [5.41, 5.74) is 0.760. The van der Waals surface area contributed by atoms with Crippen LogP contribution in [0.2, 0.25) is 0 Å². The largest absolute Gasteiger partial charge is 0.309 e. The molecule has 1 aliphatic rings. The van der Waals surface area contributed by atoms with E-state index >= 15 is 0 Å². The van der Waals surface area contributed by atoms with Crippen LogP contribution < -0.4 is 5.32 Å². The lowest BCUT2D eigenvalue weighted by atomic mass is 9.90. The van der Waals surface area contributed by atoms with Gasteiger partial charge < -0.3 is 5.32 Å². The molecule has 18 heavy (non-hydrogen) atoms. The van der Waals surface area contributed by atoms with Gasteiger partial charge in [0.1, 0.15) is 0 Å². The first-order valence-corrected chi connectivity index (χ1v) is 7.72. The van der Waals surface area contributed by atoms with E-state index in [-0.39, 0.29) is 5.54 Å². The highest BCUT2D eigenvalue weighted by atomic mass is 15.2. The molecule has 1 heterocycles. The van der Waals surface area contributed by atoms with Gasteiger partial charge >= 0.3 is 0 Å². The van der Waals surface area contributed by atoms with Crippen LogP contribution in [-0.2, 0) is 0 Å². The molecule has 1 N–H and O–H groups in total. The molecule has 0 spiro atoms. The van der Waals surface area contributed by atoms with Crippen LogP contribution in [0.3, 0.4) is 0 Å². The quantitative estimate of drug-likeness (QED) is 0.805. The van der Waals surface area contributed by atoms with Gasteiger partial charge in [0.05, 0.1) is 0 Å². The second-order valence-electron chi connectivity index (χ2n) is 7.84. The Morgan fingerprint density at radius 1 is 1.28 bits per heavy atom. The molecule has 0 aliphatic carbocycles. The molecule has 1 fully saturated rings. The van der Waals surface area contributed by atoms with Crippen molar-refractivity contribution in [1.82, 2.24) is 10.2 Å². The van der Waals surface area contributed by atoms with Crippen LogP contribution in [0.25, 0.3) is 0 Å². The van der Waals surface area contributed by atoms with Crippen LogP contribution in [0.15, 0.2) is 0 Å². The summed E-state index contributed by atoms with van der Waals surface area (Å²) in [6.07, 6.45) is 5.29. The third kappa shape index (κ3) is 5.71. The lowest BCUT2D eigenvalue weighted by molar-refractivity contribution is 0.0850. The summed E-state index contributed by atoms with van der Waals surface area (Å²) in [6.45, 7) is 17.6. The van der Waals surface area contributed by atoms with Crippen molar-refractivity contribution < 1.29 is 0 Å². The molecule has 0 radical (unpaired) electrons. The van der Waals surface area contributed by atoms with E-state index in [9.17, 15) is 0 Å². The number of piperazine rings is 1. The molecule has 1 rings (SSSR count). The number of hydrogen-bond donors (Lipinski definition) is 1. The predicted molar refractivity (Wildman–Crippen MR) is 81.0 cm³/mol. The first-order chi connectivity index (χ1) is 8.23. The average Bonchev–Trinajstić information content (AvgIpc) is 2.20. The van der Waals surface area contributed by atoms with Crippen molar-refractivity contribution in [3.05, 3.63) is 0 Å². The minimum absolute atomic E-state index is 0.284. The minimum atomic E-state index is 0.284. The number of rotatable bonds is 5. The van der Waals surface area contributed by atoms with Gasteiger partial charge in [-0.3, -0.25) is 4.90 Å². The zero-order chi connectivity index (χ0) is 13.8. The molecule has 2 heteroatoms. The van der Waals surface area contributed by atoms with Crippen molar-refractivity contribution >= 4 is 0 Å². The first kappa shape index (κ1) is 16.0. The Morgan fingerprint density at radius 3 is 2.50 bits per heavy atom. The fourth-order valence-electron chi connectivity index (χ4n) is 2.91. The van der Waals surface area contributed by atoms with Gasteiger partial charge in [-0.2, -0.15) is 0 Å². The molecule has 0 aromatic carbocycles. The van der Waals surface area contributed by atoms with Gasteiger partial charge in [-0.25, -0.2) is 0 Å². The zero-order valence-corrected chi connectivity index (χ0v) is 13.5. The van der Waals surface area contributed by atoms with Gasteiger partial charge in [-0.05, 0) is 45.1 Å². The van der Waals surface area contributed by atoms with Crippen molar-refractivity contribution in [2.75, 3.05) is 19.6 Å². The van der Waals surface area contributed by atoms with Crippen LogP contribution in [0.1, 0.15) is 67.2 Å². The number of hydrogen-bond acceptors (Lipinski definition) is 2. The van der Waals surface area contributed by atoms with Crippen molar-refractivity contribution in [2.24, 2.45) is 5.41 Å². The van der Waals surface area contributed by atoms with Crippen LogP contribution in [0, 0.1) is 5.41 Å². The van der Waals surface area contributed by atoms with Crippen LogP contribution in [0.4, 0.5) is 0 Å². The van der Waals surface area contributed by atoms with Gasteiger partial charge in [0.25, 0.3) is 0 Å². The van der Waals surface area contributed by atoms with E-state index < -0.39 is 0 Å². The van der Waals surface area contributed by atoms with Crippen molar-refractivity contribution in [3.8, 4) is 0 Å². The second kappa shape index (κ2) is 6.38. The molecule has 0 bridgehead atoms. The fourth-order valence-corrected chi connectivity index (χ4v) is 2.91. The van der Waals surface area contributed by atoms with Gasteiger partial charge in [0.15, 0.2) is 0 Å². The SMILES string of the molecule is CCCC1CNC(C)(C)CN1CCCC(C)(C)C. The van der Waals surface area contributed by atoms with Gasteiger partial charge in [0.2, 0.25) is 0 Å². The maximum atomic E-state index is 3.69. The highest BCUT2D eigenvalue weighted by Gasteiger charge is 2.31. The molecule has 1 atom stereocenters. The van der Waals surface area contributed by atoms with Crippen LogP contribution in [0.5, 0.6) is 0 Å². The molecule has 1 saturated heterocycles. The first-order valence-electron chi connectivity index (χ1n) is 7.72. The fraction of sp³-hybridized carbons (Fsp3) is 1.00. The molecule has 1 unspecified atom stereocenters. The van der Waals surface area contributed by atoms with Gasteiger partial charge in [-0.1, -0.05) is 34.1 Å². The Balaban J connectivity index is 2.46. The smallest absolute Gasteiger partial charge is 0.0252 e. The number of nitrogens with one attached hydrogen (secondary N) is 1. The second-order valence-corrected chi connectivity index (χ2v) is 7.84. The zero-order valence-electron chi connectivity index (χ0n) is 13.5. The molecule has 0 saturated carbocycles. The van der Waals surface area contributed by atoms with E-state index in [2.05, 4.69) is 51.8 Å². The molecular weight excluding hydrogens is 220 g/mol. The number of nitrogens with zero attached hydrogens (tertiary/aromatic N) is 1. The monoisotopic (exact) mass is 254 g/mol. The van der Waals surface area contributed by atoms with Gasteiger partial charge in [0, 0.05) is 24.7 Å². The normalized spacial score (nSPS) is 25.3.